The number of allylic oxidation sites excluding steroid dienone is 1. The van der Waals surface area contributed by atoms with Gasteiger partial charge < -0.3 is 91.2 Å². The summed E-state index contributed by atoms with van der Waals surface area (Å²) in [7, 11) is -51.7. The van der Waals surface area contributed by atoms with Crippen molar-refractivity contribution in [1.29, 1.82) is 0 Å². The van der Waals surface area contributed by atoms with Gasteiger partial charge in [0, 0.05) is 20.7 Å². The van der Waals surface area contributed by atoms with Gasteiger partial charge in [-0.15, -0.1) is 0 Å². The van der Waals surface area contributed by atoms with Crippen LogP contribution in [0.3, 0.4) is 0 Å². The molecule has 0 bridgehead atoms. The molecule has 0 heterocycles. The fourth-order valence-corrected chi connectivity index (χ4v) is 88.8. The predicted octanol–water partition coefficient (Wildman–Crippen LogP) is 9.73. The van der Waals surface area contributed by atoms with Crippen LogP contribution in [0.15, 0.2) is 133 Å². The van der Waals surface area contributed by atoms with Gasteiger partial charge in [0.15, 0.2) is 145 Å². The molecule has 0 saturated heterocycles. The second-order valence-corrected chi connectivity index (χ2v) is 101. The molecule has 0 aliphatic rings. The van der Waals surface area contributed by atoms with E-state index in [-0.39, 0.29) is 0 Å². The van der Waals surface area contributed by atoms with Crippen LogP contribution in [0, 0.1) is 0 Å². The van der Waals surface area contributed by atoms with Crippen molar-refractivity contribution in [3.63, 3.8) is 0 Å². The van der Waals surface area contributed by atoms with Gasteiger partial charge in [-0.25, -0.2) is 0 Å². The van der Waals surface area contributed by atoms with Crippen molar-refractivity contribution in [1.82, 2.24) is 0 Å². The second-order valence-electron chi connectivity index (χ2n) is 32.0. The topological polar surface area (TPSA) is 214 Å². The maximum atomic E-state index is 11.2. The maximum absolute atomic E-state index is 11.2. The van der Waals surface area contributed by atoms with Gasteiger partial charge in [0.1, 0.15) is 0 Å². The van der Waals surface area contributed by atoms with Crippen LogP contribution in [0.25, 0.3) is 0 Å². The lowest BCUT2D eigenvalue weighted by Crippen LogP contribution is -2.70. The van der Waals surface area contributed by atoms with Crippen molar-refractivity contribution in [2.24, 2.45) is 0 Å². The van der Waals surface area contributed by atoms with Crippen molar-refractivity contribution < 1.29 is 91.2 Å². The fraction of sp³-hybridized carbons (Fsp3) is 0.587. The molecule has 0 aliphatic heterocycles. The third-order valence-corrected chi connectivity index (χ3v) is 82.0. The lowest BCUT2D eigenvalue weighted by atomic mass is 10.4. The molecule has 634 valence electrons. The summed E-state index contributed by atoms with van der Waals surface area (Å²) in [6, 6.07) is 40.4. The van der Waals surface area contributed by atoms with E-state index in [2.05, 4.69) is 252 Å². The Morgan fingerprint density at radius 2 is 0.382 bits per heavy atom. The van der Waals surface area contributed by atoms with E-state index in [1.54, 1.807) is 6.92 Å². The molecule has 0 saturated carbocycles. The van der Waals surface area contributed by atoms with Crippen molar-refractivity contribution in [3.8, 4) is 0 Å². The van der Waals surface area contributed by atoms with Crippen molar-refractivity contribution >= 4 is 245 Å². The Labute approximate surface area is 705 Å². The molecule has 0 amide bonds. The molecule has 22 nitrogen and oxygen atoms in total. The SMILES string of the molecule is C=C(C)[Si](O)(O[SiH](C)C)O[Si](O[SiH](C)C)(O[SiH](C)C)c1ccccc1.C[SiH](C)O[Si](O[SiH](C)C)(O[SiH](C)C)O[Si](C)(C)O[Si](O[SiH](C)C)(O[SiH](C)C)O[SiH](C)C.C[SiH](C)O[Si](O[SiH](C)C)(O[SiH](C)C)c1ccccc1.C[SiH](C)O[Si](O[SiH](C)C)(O[Si](C)(C)O[Si](O[SiH](C)C)(O[SiH](C)C)c1ccccc1)c1ccccc1. The van der Waals surface area contributed by atoms with Crippen LogP contribution in [0.1, 0.15) is 6.92 Å². The van der Waals surface area contributed by atoms with E-state index in [1.165, 1.54) is 0 Å². The third-order valence-electron chi connectivity index (χ3n) is 13.0. The summed E-state index contributed by atoms with van der Waals surface area (Å²) in [4.78, 5) is 11.2. The lowest BCUT2D eigenvalue weighted by molar-refractivity contribution is 0.112. The van der Waals surface area contributed by atoms with Crippen molar-refractivity contribution in [2.75, 3.05) is 0 Å². The van der Waals surface area contributed by atoms with Crippen molar-refractivity contribution in [3.05, 3.63) is 133 Å². The maximum Gasteiger partial charge on any atom is 0.637 e. The van der Waals surface area contributed by atoms with Crippen LogP contribution in [0.5, 0.6) is 0 Å². The molecule has 0 fully saturated rings. The summed E-state index contributed by atoms with van der Waals surface area (Å²) >= 11 is 0. The molecule has 1 atom stereocenters. The summed E-state index contributed by atoms with van der Waals surface area (Å²) in [6.07, 6.45) is 0. The van der Waals surface area contributed by atoms with E-state index in [9.17, 15) is 4.80 Å². The highest BCUT2D eigenvalue weighted by atomic mass is 28.6. The van der Waals surface area contributed by atoms with Gasteiger partial charge in [-0.05, 0) is 248 Å². The molecule has 47 heteroatoms. The quantitative estimate of drug-likeness (QED) is 0.0407. The molecule has 1 N–H and O–H groups in total. The van der Waals surface area contributed by atoms with Crippen LogP contribution < -0.4 is 20.7 Å². The zero-order valence-electron chi connectivity index (χ0n) is 74.5. The monoisotopic (exact) mass is 1960 g/mol. The van der Waals surface area contributed by atoms with Gasteiger partial charge in [0.25, 0.3) is 0 Å². The average Bonchev–Trinajstić information content (AvgIpc) is 0.773. The minimum Gasteiger partial charge on any atom is -0.416 e. The highest BCUT2D eigenvalue weighted by Crippen LogP contribution is 2.31. The Balaban J connectivity index is 0.000000749. The van der Waals surface area contributed by atoms with E-state index < -0.39 is 224 Å². The van der Waals surface area contributed by atoms with E-state index in [4.69, 9.17) is 86.4 Å². The Bertz CT molecular complexity index is 2890. The second kappa shape index (κ2) is 51.8. The van der Waals surface area contributed by atoms with E-state index >= 15 is 0 Å². The number of hydrogen-bond donors (Lipinski definition) is 1. The molecule has 4 rings (SSSR count). The summed E-state index contributed by atoms with van der Waals surface area (Å²) in [6.45, 7) is 82.0. The lowest BCUT2D eigenvalue weighted by Gasteiger charge is -2.43. The fourth-order valence-electron chi connectivity index (χ4n) is 10.5. The first-order valence-corrected chi connectivity index (χ1v) is 102. The highest BCUT2D eigenvalue weighted by Gasteiger charge is 2.60. The standard InChI is InChI=1S/C22H44O6Si7.C15H32O5Si5.C14H48O8Si9.C12H26O3Si4/c1-29(2)23-34(24-30(3)4,21-17-13-11-14-18-21)27-33(9,10)28-35(25-31(5)6,26-32(7)8)22-19-15-12-16-20-22;1-14(2)24(16,17-21(3)4)20-25(18-22(5)6,19-23(7)8)15-12-10-9-11-13-15;1-23(2)15-30(16-24(3)4,17-25(5)6)21-29(13,14)22-31(18-26(7)8,19-27(9)10)20-28(11)12;1-16(2)13-19(14-17(3)4,15-18(5)6)12-10-8-7-9-11-12/h11-20,29-32H,1-10H3;9-13,16,21-23H,1H2,2-8H3;23-28H,1-14H3;7-11,16-18H,1-6H3. The Morgan fingerprint density at radius 1 is 0.227 bits per heavy atom. The zero-order chi connectivity index (χ0) is 84.6. The minimum atomic E-state index is -3.62. The summed E-state index contributed by atoms with van der Waals surface area (Å²) in [5, 5.41) is 4.52. The molecular formula is C63H150O22Si25. The average molecular weight is 1960 g/mol. The first kappa shape index (κ1) is 109. The summed E-state index contributed by atoms with van der Waals surface area (Å²) < 4.78 is 137. The molecule has 0 radical (unpaired) electrons. The molecule has 4 aromatic rings. The predicted molar refractivity (Wildman–Crippen MR) is 521 cm³/mol. The van der Waals surface area contributed by atoms with Crippen LogP contribution >= 0.6 is 0 Å². The number of hydrogen-bond acceptors (Lipinski definition) is 22. The number of rotatable bonds is 47. The third kappa shape index (κ3) is 42.6. The van der Waals surface area contributed by atoms with Crippen LogP contribution in [-0.2, 0) is 86.4 Å². The first-order valence-electron chi connectivity index (χ1n) is 39.5. The van der Waals surface area contributed by atoms with E-state index in [0.29, 0.717) is 5.20 Å². The van der Waals surface area contributed by atoms with Crippen LogP contribution in [0.2, 0.25) is 236 Å². The Morgan fingerprint density at radius 3 is 0.555 bits per heavy atom. The molecule has 0 aliphatic carbocycles. The molecule has 110 heavy (non-hydrogen) atoms. The molecular weight excluding hydrogens is 1810 g/mol. The van der Waals surface area contributed by atoms with E-state index in [0.717, 1.165) is 20.7 Å². The van der Waals surface area contributed by atoms with Gasteiger partial charge in [-0.1, -0.05) is 128 Å². The van der Waals surface area contributed by atoms with Crippen LogP contribution in [-0.4, -0.2) is 229 Å². The highest BCUT2D eigenvalue weighted by molar-refractivity contribution is 6.96. The Hall–Kier alpha value is 1.16. The minimum absolute atomic E-state index is 0.532. The largest absolute Gasteiger partial charge is 0.637 e. The van der Waals surface area contributed by atoms with E-state index in [1.807, 2.05) is 111 Å². The zero-order valence-corrected chi connectivity index (χ0v) is 102. The summed E-state index contributed by atoms with van der Waals surface area (Å²) in [5.41, 5.74) is 0. The van der Waals surface area contributed by atoms with Gasteiger partial charge in [-0.2, -0.15) is 0 Å². The van der Waals surface area contributed by atoms with Gasteiger partial charge in [0.2, 0.25) is 0 Å². The molecule has 0 spiro atoms. The Kier molecular flexibility index (Phi) is 51.4. The molecule has 0 aromatic heterocycles. The molecule has 1 unspecified atom stereocenters. The van der Waals surface area contributed by atoms with Gasteiger partial charge in [-0.3, -0.25) is 0 Å². The number of benzene rings is 4. The first-order chi connectivity index (χ1) is 50.6. The molecule has 4 aromatic carbocycles. The summed E-state index contributed by atoms with van der Waals surface area (Å²) in [5.74, 6) is 0. The van der Waals surface area contributed by atoms with Crippen LogP contribution in [0.4, 0.5) is 0 Å². The smallest absolute Gasteiger partial charge is 0.416 e. The van der Waals surface area contributed by atoms with Crippen molar-refractivity contribution in [2.45, 2.75) is 243 Å². The van der Waals surface area contributed by atoms with Gasteiger partial charge in [0.05, 0.1) is 0 Å². The normalized spacial score (nSPS) is 13.9. The van der Waals surface area contributed by atoms with Gasteiger partial charge >= 0.3 is 79.2 Å².